The van der Waals surface area contributed by atoms with Crippen LogP contribution in [0.2, 0.25) is 0 Å². The first kappa shape index (κ1) is 12.0. The van der Waals surface area contributed by atoms with E-state index in [4.69, 9.17) is 0 Å². The van der Waals surface area contributed by atoms with Crippen LogP contribution in [0.4, 0.5) is 0 Å². The Labute approximate surface area is 89.1 Å². The largest absolute Gasteiger partial charge is 0.312 e. The monoisotopic (exact) mass is 198 g/mol. The van der Waals surface area contributed by atoms with Crippen molar-refractivity contribution in [2.24, 2.45) is 0 Å². The second kappa shape index (κ2) is 5.72. The molecule has 0 spiro atoms. The third-order valence-electron chi connectivity index (χ3n) is 3.48. The summed E-state index contributed by atoms with van der Waals surface area (Å²) in [5.41, 5.74) is 0. The van der Waals surface area contributed by atoms with E-state index in [-0.39, 0.29) is 0 Å². The topological polar surface area (TPSA) is 15.3 Å². The molecule has 0 aromatic heterocycles. The minimum atomic E-state index is 0.678. The number of hydrogen-bond donors (Lipinski definition) is 1. The fourth-order valence-corrected chi connectivity index (χ4v) is 2.18. The Kier molecular flexibility index (Phi) is 4.90. The van der Waals surface area contributed by atoms with Gasteiger partial charge in [-0.1, -0.05) is 6.92 Å². The van der Waals surface area contributed by atoms with Gasteiger partial charge in [-0.3, -0.25) is 0 Å². The second-order valence-corrected chi connectivity index (χ2v) is 4.84. The zero-order valence-electron chi connectivity index (χ0n) is 10.2. The molecule has 0 bridgehead atoms. The lowest BCUT2D eigenvalue weighted by Gasteiger charge is -2.34. The Bertz CT molecular complexity index is 146. The van der Waals surface area contributed by atoms with Gasteiger partial charge in [0.25, 0.3) is 0 Å². The molecule has 1 saturated heterocycles. The smallest absolute Gasteiger partial charge is 0.00643 e. The molecule has 2 heteroatoms. The Morgan fingerprint density at radius 2 is 1.71 bits per heavy atom. The Hall–Kier alpha value is -0.0800. The SMILES string of the molecule is CCC(C)N1CCC(C)NC(C)CC1. The van der Waals surface area contributed by atoms with Gasteiger partial charge in [-0.2, -0.15) is 0 Å². The van der Waals surface area contributed by atoms with Crippen molar-refractivity contribution in [2.45, 2.75) is 65.1 Å². The van der Waals surface area contributed by atoms with Crippen LogP contribution >= 0.6 is 0 Å². The van der Waals surface area contributed by atoms with Gasteiger partial charge in [0.15, 0.2) is 0 Å². The maximum atomic E-state index is 3.63. The summed E-state index contributed by atoms with van der Waals surface area (Å²) in [6.07, 6.45) is 3.85. The maximum absolute atomic E-state index is 3.63. The molecule has 14 heavy (non-hydrogen) atoms. The van der Waals surface area contributed by atoms with Crippen molar-refractivity contribution in [3.63, 3.8) is 0 Å². The van der Waals surface area contributed by atoms with Crippen molar-refractivity contribution in [3.8, 4) is 0 Å². The van der Waals surface area contributed by atoms with Gasteiger partial charge >= 0.3 is 0 Å². The van der Waals surface area contributed by atoms with E-state index in [1.54, 1.807) is 0 Å². The second-order valence-electron chi connectivity index (χ2n) is 4.84. The van der Waals surface area contributed by atoms with Crippen molar-refractivity contribution in [1.29, 1.82) is 0 Å². The molecule has 1 rings (SSSR count). The van der Waals surface area contributed by atoms with Crippen LogP contribution in [0.5, 0.6) is 0 Å². The first-order valence-corrected chi connectivity index (χ1v) is 6.13. The summed E-state index contributed by atoms with van der Waals surface area (Å²) in [5, 5.41) is 3.63. The van der Waals surface area contributed by atoms with Crippen molar-refractivity contribution in [2.75, 3.05) is 13.1 Å². The Morgan fingerprint density at radius 1 is 1.21 bits per heavy atom. The number of rotatable bonds is 2. The van der Waals surface area contributed by atoms with Gasteiger partial charge in [0.05, 0.1) is 0 Å². The van der Waals surface area contributed by atoms with Gasteiger partial charge < -0.3 is 10.2 Å². The maximum Gasteiger partial charge on any atom is 0.00643 e. The van der Waals surface area contributed by atoms with E-state index in [1.807, 2.05) is 0 Å². The summed E-state index contributed by atoms with van der Waals surface area (Å²) >= 11 is 0. The predicted molar refractivity (Wildman–Crippen MR) is 62.6 cm³/mol. The zero-order valence-corrected chi connectivity index (χ0v) is 10.2. The van der Waals surface area contributed by atoms with E-state index in [2.05, 4.69) is 37.9 Å². The van der Waals surface area contributed by atoms with Crippen LogP contribution < -0.4 is 5.32 Å². The quantitative estimate of drug-likeness (QED) is 0.732. The molecule has 3 unspecified atom stereocenters. The van der Waals surface area contributed by atoms with Crippen LogP contribution in [0.3, 0.4) is 0 Å². The van der Waals surface area contributed by atoms with Gasteiger partial charge in [-0.05, 0) is 53.1 Å². The van der Waals surface area contributed by atoms with E-state index in [1.165, 1.54) is 32.4 Å². The minimum absolute atomic E-state index is 0.678. The molecule has 0 saturated carbocycles. The molecule has 1 heterocycles. The van der Waals surface area contributed by atoms with E-state index in [0.717, 1.165) is 6.04 Å². The predicted octanol–water partition coefficient (Wildman–Crippen LogP) is 2.25. The molecule has 1 aliphatic rings. The van der Waals surface area contributed by atoms with Crippen LogP contribution in [0.1, 0.15) is 47.0 Å². The first-order chi connectivity index (χ1) is 6.63. The summed E-state index contributed by atoms with van der Waals surface area (Å²) in [5.74, 6) is 0. The molecule has 0 radical (unpaired) electrons. The fourth-order valence-electron chi connectivity index (χ4n) is 2.18. The molecule has 84 valence electrons. The minimum Gasteiger partial charge on any atom is -0.312 e. The van der Waals surface area contributed by atoms with Crippen molar-refractivity contribution < 1.29 is 0 Å². The Balaban J connectivity index is 2.45. The van der Waals surface area contributed by atoms with Crippen LogP contribution in [0.25, 0.3) is 0 Å². The van der Waals surface area contributed by atoms with E-state index in [0.29, 0.717) is 12.1 Å². The molecular weight excluding hydrogens is 172 g/mol. The number of nitrogens with one attached hydrogen (secondary N) is 1. The summed E-state index contributed by atoms with van der Waals surface area (Å²) < 4.78 is 0. The third kappa shape index (κ3) is 3.58. The third-order valence-corrected chi connectivity index (χ3v) is 3.48. The van der Waals surface area contributed by atoms with Crippen LogP contribution in [-0.4, -0.2) is 36.1 Å². The molecule has 2 nitrogen and oxygen atoms in total. The molecule has 1 fully saturated rings. The van der Waals surface area contributed by atoms with Crippen LogP contribution in [-0.2, 0) is 0 Å². The summed E-state index contributed by atoms with van der Waals surface area (Å²) in [4.78, 5) is 2.65. The zero-order chi connectivity index (χ0) is 10.6. The summed E-state index contributed by atoms with van der Waals surface area (Å²) in [6, 6.07) is 2.11. The van der Waals surface area contributed by atoms with Gasteiger partial charge in [0, 0.05) is 18.1 Å². The lowest BCUT2D eigenvalue weighted by molar-refractivity contribution is 0.168. The molecule has 1 N–H and O–H groups in total. The number of hydrogen-bond acceptors (Lipinski definition) is 2. The van der Waals surface area contributed by atoms with Gasteiger partial charge in [-0.25, -0.2) is 0 Å². The highest BCUT2D eigenvalue weighted by Gasteiger charge is 2.18. The van der Waals surface area contributed by atoms with Gasteiger partial charge in [0.1, 0.15) is 0 Å². The molecule has 0 aromatic rings. The van der Waals surface area contributed by atoms with Crippen molar-refractivity contribution in [3.05, 3.63) is 0 Å². The highest BCUT2D eigenvalue weighted by molar-refractivity contribution is 4.77. The van der Waals surface area contributed by atoms with E-state index >= 15 is 0 Å². The van der Waals surface area contributed by atoms with Gasteiger partial charge in [-0.15, -0.1) is 0 Å². The molecule has 0 aliphatic carbocycles. The summed E-state index contributed by atoms with van der Waals surface area (Å²) in [7, 11) is 0. The number of nitrogens with zero attached hydrogens (tertiary/aromatic N) is 1. The van der Waals surface area contributed by atoms with Crippen molar-refractivity contribution >= 4 is 0 Å². The average molecular weight is 198 g/mol. The molecule has 0 amide bonds. The average Bonchev–Trinajstić information content (AvgIpc) is 2.14. The van der Waals surface area contributed by atoms with Crippen LogP contribution in [0.15, 0.2) is 0 Å². The van der Waals surface area contributed by atoms with E-state index in [9.17, 15) is 0 Å². The standard InChI is InChI=1S/C12H26N2/c1-5-12(4)14-8-6-10(2)13-11(3)7-9-14/h10-13H,5-9H2,1-4H3. The lowest BCUT2D eigenvalue weighted by Crippen LogP contribution is -2.45. The lowest BCUT2D eigenvalue weighted by atomic mass is 10.1. The van der Waals surface area contributed by atoms with Crippen LogP contribution in [0, 0.1) is 0 Å². The highest BCUT2D eigenvalue weighted by Crippen LogP contribution is 2.11. The molecule has 3 atom stereocenters. The first-order valence-electron chi connectivity index (χ1n) is 6.13. The summed E-state index contributed by atoms with van der Waals surface area (Å²) in [6.45, 7) is 11.8. The fraction of sp³-hybridized carbons (Fsp3) is 1.00. The molecular formula is C12H26N2. The van der Waals surface area contributed by atoms with Crippen molar-refractivity contribution in [1.82, 2.24) is 10.2 Å². The van der Waals surface area contributed by atoms with Gasteiger partial charge in [0.2, 0.25) is 0 Å². The normalized spacial score (nSPS) is 33.4. The van der Waals surface area contributed by atoms with E-state index < -0.39 is 0 Å². The molecule has 0 aromatic carbocycles. The molecule has 1 aliphatic heterocycles. The highest BCUT2D eigenvalue weighted by atomic mass is 15.2. The Morgan fingerprint density at radius 3 is 2.14 bits per heavy atom.